The Hall–Kier alpha value is -1.39. The maximum atomic E-state index is 5.22. The second-order valence-electron chi connectivity index (χ2n) is 3.63. The minimum Gasteiger partial charge on any atom is -0.497 e. The lowest BCUT2D eigenvalue weighted by Gasteiger charge is -2.01. The third-order valence-corrected chi connectivity index (χ3v) is 3.48. The molecule has 1 aromatic heterocycles. The quantitative estimate of drug-likeness (QED) is 0.883. The molecule has 0 atom stereocenters. The van der Waals surface area contributed by atoms with Crippen LogP contribution in [-0.2, 0) is 6.54 Å². The van der Waals surface area contributed by atoms with Crippen LogP contribution in [0, 0.1) is 0 Å². The molecule has 4 heteroatoms. The first-order chi connectivity index (χ1) is 8.33. The monoisotopic (exact) mass is 248 g/mol. The number of benzene rings is 1. The average molecular weight is 248 g/mol. The summed E-state index contributed by atoms with van der Waals surface area (Å²) in [7, 11) is 1.68. The van der Waals surface area contributed by atoms with Crippen molar-refractivity contribution < 1.29 is 4.74 Å². The molecule has 0 aliphatic heterocycles. The second-order valence-corrected chi connectivity index (χ2v) is 4.75. The molecule has 0 spiro atoms. The van der Waals surface area contributed by atoms with Crippen molar-refractivity contribution >= 4 is 11.3 Å². The number of nitrogens with zero attached hydrogens (tertiary/aromatic N) is 1. The van der Waals surface area contributed by atoms with Crippen molar-refractivity contribution in [3.05, 3.63) is 35.5 Å². The van der Waals surface area contributed by atoms with Crippen LogP contribution in [0.4, 0.5) is 0 Å². The van der Waals surface area contributed by atoms with E-state index in [1.807, 2.05) is 24.4 Å². The third-order valence-electron chi connectivity index (χ3n) is 2.43. The predicted octanol–water partition coefficient (Wildman–Crippen LogP) is 2.93. The first kappa shape index (κ1) is 12.1. The number of hydrogen-bond donors (Lipinski definition) is 1. The summed E-state index contributed by atoms with van der Waals surface area (Å²) in [5.74, 6) is 0.879. The maximum absolute atomic E-state index is 5.22. The lowest BCUT2D eigenvalue weighted by molar-refractivity contribution is 0.415. The van der Waals surface area contributed by atoms with Gasteiger partial charge in [0.2, 0.25) is 0 Å². The Bertz CT molecular complexity index is 482. The number of methoxy groups -OCH3 is 1. The Morgan fingerprint density at radius 3 is 3.06 bits per heavy atom. The molecule has 90 valence electrons. The molecule has 0 saturated carbocycles. The van der Waals surface area contributed by atoms with E-state index < -0.39 is 0 Å². The third kappa shape index (κ3) is 3.05. The zero-order valence-electron chi connectivity index (χ0n) is 10.1. The molecule has 0 amide bonds. The molecule has 2 aromatic rings. The zero-order chi connectivity index (χ0) is 12.1. The molecule has 0 unspecified atom stereocenters. The van der Waals surface area contributed by atoms with E-state index in [1.165, 1.54) is 4.88 Å². The number of aromatic nitrogens is 1. The first-order valence-corrected chi connectivity index (χ1v) is 6.45. The minimum absolute atomic E-state index is 0.838. The summed E-state index contributed by atoms with van der Waals surface area (Å²) in [5, 5.41) is 4.39. The van der Waals surface area contributed by atoms with Crippen LogP contribution in [0.3, 0.4) is 0 Å². The van der Waals surface area contributed by atoms with Gasteiger partial charge in [-0.3, -0.25) is 0 Å². The number of thiazole rings is 1. The van der Waals surface area contributed by atoms with Gasteiger partial charge in [-0.1, -0.05) is 19.1 Å². The molecule has 1 heterocycles. The Morgan fingerprint density at radius 2 is 2.29 bits per heavy atom. The highest BCUT2D eigenvalue weighted by Crippen LogP contribution is 2.28. The van der Waals surface area contributed by atoms with E-state index in [9.17, 15) is 0 Å². The van der Waals surface area contributed by atoms with Gasteiger partial charge in [-0.15, -0.1) is 11.3 Å². The first-order valence-electron chi connectivity index (χ1n) is 5.63. The van der Waals surface area contributed by atoms with Crippen molar-refractivity contribution in [2.45, 2.75) is 13.5 Å². The van der Waals surface area contributed by atoms with E-state index >= 15 is 0 Å². The van der Waals surface area contributed by atoms with Crippen LogP contribution < -0.4 is 10.1 Å². The van der Waals surface area contributed by atoms with Gasteiger partial charge >= 0.3 is 0 Å². The normalized spacial score (nSPS) is 10.5. The SMILES string of the molecule is CCNCc1ncc(-c2cccc(OC)c2)s1. The highest BCUT2D eigenvalue weighted by Gasteiger charge is 2.04. The summed E-state index contributed by atoms with van der Waals surface area (Å²) in [6.07, 6.45) is 1.92. The molecule has 0 aliphatic rings. The van der Waals surface area contributed by atoms with Gasteiger partial charge < -0.3 is 10.1 Å². The second kappa shape index (κ2) is 5.80. The molecule has 17 heavy (non-hydrogen) atoms. The van der Waals surface area contributed by atoms with Gasteiger partial charge in [0.15, 0.2) is 0 Å². The zero-order valence-corrected chi connectivity index (χ0v) is 10.9. The summed E-state index contributed by atoms with van der Waals surface area (Å²) in [6.45, 7) is 3.90. The molecule has 0 bridgehead atoms. The molecule has 1 aromatic carbocycles. The van der Waals surface area contributed by atoms with E-state index in [4.69, 9.17) is 4.74 Å². The maximum Gasteiger partial charge on any atom is 0.119 e. The highest BCUT2D eigenvalue weighted by molar-refractivity contribution is 7.15. The lowest BCUT2D eigenvalue weighted by atomic mass is 10.2. The summed E-state index contributed by atoms with van der Waals surface area (Å²) < 4.78 is 5.22. The summed E-state index contributed by atoms with van der Waals surface area (Å²) >= 11 is 1.72. The van der Waals surface area contributed by atoms with Crippen molar-refractivity contribution in [2.24, 2.45) is 0 Å². The predicted molar refractivity (Wildman–Crippen MR) is 71.5 cm³/mol. The minimum atomic E-state index is 0.838. The molecule has 0 aliphatic carbocycles. The van der Waals surface area contributed by atoms with E-state index in [0.717, 1.165) is 29.4 Å². The van der Waals surface area contributed by atoms with Gasteiger partial charge in [0.25, 0.3) is 0 Å². The molecule has 0 fully saturated rings. The number of rotatable bonds is 5. The van der Waals surface area contributed by atoms with Gasteiger partial charge in [0.1, 0.15) is 10.8 Å². The Labute approximate surface area is 105 Å². The van der Waals surface area contributed by atoms with Crippen LogP contribution in [0.2, 0.25) is 0 Å². The van der Waals surface area contributed by atoms with Gasteiger partial charge in [-0.05, 0) is 24.2 Å². The topological polar surface area (TPSA) is 34.2 Å². The molecule has 0 saturated heterocycles. The van der Waals surface area contributed by atoms with E-state index in [2.05, 4.69) is 23.3 Å². The van der Waals surface area contributed by atoms with Gasteiger partial charge in [-0.25, -0.2) is 4.98 Å². The molecule has 3 nitrogen and oxygen atoms in total. The van der Waals surface area contributed by atoms with Crippen molar-refractivity contribution in [1.82, 2.24) is 10.3 Å². The number of nitrogens with one attached hydrogen (secondary N) is 1. The van der Waals surface area contributed by atoms with E-state index in [0.29, 0.717) is 0 Å². The summed E-state index contributed by atoms with van der Waals surface area (Å²) in [5.41, 5.74) is 1.16. The van der Waals surface area contributed by atoms with Gasteiger partial charge in [0.05, 0.1) is 12.0 Å². The van der Waals surface area contributed by atoms with Crippen molar-refractivity contribution in [3.8, 4) is 16.2 Å². The molecule has 2 rings (SSSR count). The Morgan fingerprint density at radius 1 is 1.41 bits per heavy atom. The summed E-state index contributed by atoms with van der Waals surface area (Å²) in [4.78, 5) is 5.58. The lowest BCUT2D eigenvalue weighted by Crippen LogP contribution is -2.11. The Kier molecular flexibility index (Phi) is 4.12. The fourth-order valence-corrected chi connectivity index (χ4v) is 2.42. The van der Waals surface area contributed by atoms with Crippen molar-refractivity contribution in [3.63, 3.8) is 0 Å². The average Bonchev–Trinajstić information content (AvgIpc) is 2.85. The van der Waals surface area contributed by atoms with Crippen LogP contribution >= 0.6 is 11.3 Å². The van der Waals surface area contributed by atoms with E-state index in [-0.39, 0.29) is 0 Å². The fraction of sp³-hybridized carbons (Fsp3) is 0.308. The molecule has 0 radical (unpaired) electrons. The smallest absolute Gasteiger partial charge is 0.119 e. The van der Waals surface area contributed by atoms with Gasteiger partial charge in [-0.2, -0.15) is 0 Å². The fourth-order valence-electron chi connectivity index (χ4n) is 1.53. The number of hydrogen-bond acceptors (Lipinski definition) is 4. The van der Waals surface area contributed by atoms with Crippen LogP contribution in [0.5, 0.6) is 5.75 Å². The molecular formula is C13H16N2OS. The molecule has 1 N–H and O–H groups in total. The standard InChI is InChI=1S/C13H16N2OS/c1-3-14-9-13-15-8-12(17-13)10-5-4-6-11(7-10)16-2/h4-8,14H,3,9H2,1-2H3. The van der Waals surface area contributed by atoms with Crippen LogP contribution in [0.25, 0.3) is 10.4 Å². The van der Waals surface area contributed by atoms with Crippen molar-refractivity contribution in [2.75, 3.05) is 13.7 Å². The highest BCUT2D eigenvalue weighted by atomic mass is 32.1. The largest absolute Gasteiger partial charge is 0.497 e. The molecular weight excluding hydrogens is 232 g/mol. The Balaban J connectivity index is 2.18. The van der Waals surface area contributed by atoms with Crippen LogP contribution in [0.1, 0.15) is 11.9 Å². The van der Waals surface area contributed by atoms with Gasteiger partial charge in [0, 0.05) is 12.7 Å². The van der Waals surface area contributed by atoms with Crippen LogP contribution in [0.15, 0.2) is 30.5 Å². The number of ether oxygens (including phenoxy) is 1. The van der Waals surface area contributed by atoms with Crippen LogP contribution in [-0.4, -0.2) is 18.6 Å². The summed E-state index contributed by atoms with van der Waals surface area (Å²) in [6, 6.07) is 8.06. The van der Waals surface area contributed by atoms with Crippen molar-refractivity contribution in [1.29, 1.82) is 0 Å². The van der Waals surface area contributed by atoms with E-state index in [1.54, 1.807) is 18.4 Å².